The summed E-state index contributed by atoms with van der Waals surface area (Å²) >= 11 is 1.04. The fourth-order valence-corrected chi connectivity index (χ4v) is 2.89. The molecule has 1 aromatic heterocycles. The molecule has 1 unspecified atom stereocenters. The number of anilines is 1. The molecule has 102 valence electrons. The molecule has 0 radical (unpaired) electrons. The Morgan fingerprint density at radius 3 is 2.85 bits per heavy atom. The molecular formula is C13H11N3O3S. The molecule has 0 saturated carbocycles. The molecule has 1 aromatic carbocycles. The minimum absolute atomic E-state index is 0.184. The largest absolute Gasteiger partial charge is 0.481 e. The predicted octanol–water partition coefficient (Wildman–Crippen LogP) is 1.76. The third-order valence-corrected chi connectivity index (χ3v) is 4.01. The zero-order valence-electron chi connectivity index (χ0n) is 10.4. The number of nitrogens with zero attached hydrogens (tertiary/aromatic N) is 3. The van der Waals surface area contributed by atoms with Crippen LogP contribution in [0.2, 0.25) is 0 Å². The molecule has 7 heteroatoms. The lowest BCUT2D eigenvalue weighted by atomic mass is 9.90. The summed E-state index contributed by atoms with van der Waals surface area (Å²) in [5.41, 5.74) is 1.33. The van der Waals surface area contributed by atoms with Gasteiger partial charge >= 0.3 is 5.97 Å². The average Bonchev–Trinajstić information content (AvgIpc) is 2.99. The van der Waals surface area contributed by atoms with Crippen LogP contribution in [-0.4, -0.2) is 33.1 Å². The number of carbonyl (C=O) groups is 2. The summed E-state index contributed by atoms with van der Waals surface area (Å²) in [5.74, 6) is -1.60. The van der Waals surface area contributed by atoms with Crippen LogP contribution in [-0.2, 0) is 4.79 Å². The number of amides is 1. The molecule has 1 aliphatic rings. The number of carboxylic acids is 1. The Morgan fingerprint density at radius 2 is 2.15 bits per heavy atom. The molecule has 0 fully saturated rings. The first-order chi connectivity index (χ1) is 9.68. The van der Waals surface area contributed by atoms with Crippen LogP contribution in [0.1, 0.15) is 27.6 Å². The minimum atomic E-state index is -0.857. The maximum Gasteiger partial charge on any atom is 0.311 e. The number of carbonyl (C=O) groups excluding carboxylic acids is 1. The Kier molecular flexibility index (Phi) is 3.19. The molecule has 6 nitrogen and oxygen atoms in total. The fourth-order valence-electron chi connectivity index (χ4n) is 2.42. The van der Waals surface area contributed by atoms with Gasteiger partial charge in [-0.25, -0.2) is 0 Å². The van der Waals surface area contributed by atoms with E-state index < -0.39 is 11.9 Å². The SMILES string of the molecule is O=C(O)C1CCN(C(=O)c2cnns2)c2ccccc21. The monoisotopic (exact) mass is 289 g/mol. The number of benzene rings is 1. The van der Waals surface area contributed by atoms with E-state index in [0.717, 1.165) is 11.5 Å². The lowest BCUT2D eigenvalue weighted by Crippen LogP contribution is -2.37. The minimum Gasteiger partial charge on any atom is -0.481 e. The molecule has 1 N–H and O–H groups in total. The van der Waals surface area contributed by atoms with Gasteiger partial charge in [0.15, 0.2) is 0 Å². The van der Waals surface area contributed by atoms with Crippen LogP contribution in [0.5, 0.6) is 0 Å². The lowest BCUT2D eigenvalue weighted by molar-refractivity contribution is -0.139. The van der Waals surface area contributed by atoms with Crippen LogP contribution in [0.4, 0.5) is 5.69 Å². The summed E-state index contributed by atoms with van der Waals surface area (Å²) in [6.07, 6.45) is 1.84. The molecular weight excluding hydrogens is 278 g/mol. The van der Waals surface area contributed by atoms with Crippen molar-refractivity contribution in [3.63, 3.8) is 0 Å². The van der Waals surface area contributed by atoms with Crippen molar-refractivity contribution in [2.45, 2.75) is 12.3 Å². The van der Waals surface area contributed by atoms with Crippen molar-refractivity contribution >= 4 is 29.1 Å². The number of carboxylic acid groups (broad SMARTS) is 1. The predicted molar refractivity (Wildman–Crippen MR) is 73.0 cm³/mol. The molecule has 0 aliphatic carbocycles. The molecule has 0 spiro atoms. The van der Waals surface area contributed by atoms with Gasteiger partial charge in [-0.05, 0) is 29.6 Å². The van der Waals surface area contributed by atoms with Crippen molar-refractivity contribution in [1.82, 2.24) is 9.59 Å². The topological polar surface area (TPSA) is 83.4 Å². The van der Waals surface area contributed by atoms with E-state index in [1.165, 1.54) is 6.20 Å². The van der Waals surface area contributed by atoms with Crippen molar-refractivity contribution in [3.05, 3.63) is 40.9 Å². The molecule has 2 aromatic rings. The smallest absolute Gasteiger partial charge is 0.311 e. The van der Waals surface area contributed by atoms with Gasteiger partial charge in [0.1, 0.15) is 4.88 Å². The zero-order chi connectivity index (χ0) is 14.1. The van der Waals surface area contributed by atoms with Crippen LogP contribution in [0.15, 0.2) is 30.5 Å². The lowest BCUT2D eigenvalue weighted by Gasteiger charge is -2.32. The highest BCUT2D eigenvalue weighted by Crippen LogP contribution is 2.36. The normalized spacial score (nSPS) is 17.6. The summed E-state index contributed by atoms with van der Waals surface area (Å²) < 4.78 is 3.69. The number of fused-ring (bicyclic) bond motifs is 1. The molecule has 2 heterocycles. The first-order valence-electron chi connectivity index (χ1n) is 6.09. The number of rotatable bonds is 2. The Bertz CT molecular complexity index is 657. The molecule has 20 heavy (non-hydrogen) atoms. The summed E-state index contributed by atoms with van der Waals surface area (Å²) in [5, 5.41) is 12.9. The molecule has 3 rings (SSSR count). The Balaban J connectivity index is 2.01. The van der Waals surface area contributed by atoms with Crippen LogP contribution < -0.4 is 4.90 Å². The van der Waals surface area contributed by atoms with Crippen molar-refractivity contribution in [2.24, 2.45) is 0 Å². The van der Waals surface area contributed by atoms with Crippen molar-refractivity contribution in [2.75, 3.05) is 11.4 Å². The summed E-state index contributed by atoms with van der Waals surface area (Å²) in [6.45, 7) is 0.380. The number of hydrogen-bond acceptors (Lipinski definition) is 5. The van der Waals surface area contributed by atoms with Crippen LogP contribution in [0.25, 0.3) is 0 Å². The first-order valence-corrected chi connectivity index (χ1v) is 6.87. The van der Waals surface area contributed by atoms with E-state index in [1.54, 1.807) is 29.2 Å². The van der Waals surface area contributed by atoms with Gasteiger partial charge in [-0.1, -0.05) is 22.7 Å². The van der Waals surface area contributed by atoms with Gasteiger partial charge in [0, 0.05) is 12.2 Å². The number of aliphatic carboxylic acids is 1. The second kappa shape index (κ2) is 5.01. The van der Waals surface area contributed by atoms with Gasteiger partial charge in [-0.3, -0.25) is 9.59 Å². The van der Waals surface area contributed by atoms with Crippen LogP contribution in [0, 0.1) is 0 Å². The Hall–Kier alpha value is -2.28. The third-order valence-electron chi connectivity index (χ3n) is 3.36. The van der Waals surface area contributed by atoms with E-state index in [4.69, 9.17) is 0 Å². The number of para-hydroxylation sites is 1. The van der Waals surface area contributed by atoms with E-state index in [1.807, 2.05) is 0 Å². The average molecular weight is 289 g/mol. The van der Waals surface area contributed by atoms with Gasteiger partial charge in [-0.15, -0.1) is 5.10 Å². The second-order valence-electron chi connectivity index (χ2n) is 4.48. The van der Waals surface area contributed by atoms with E-state index in [-0.39, 0.29) is 5.91 Å². The van der Waals surface area contributed by atoms with Crippen molar-refractivity contribution in [1.29, 1.82) is 0 Å². The van der Waals surface area contributed by atoms with Gasteiger partial charge in [-0.2, -0.15) is 0 Å². The summed E-state index contributed by atoms with van der Waals surface area (Å²) in [7, 11) is 0. The van der Waals surface area contributed by atoms with E-state index in [9.17, 15) is 14.7 Å². The van der Waals surface area contributed by atoms with E-state index >= 15 is 0 Å². The zero-order valence-corrected chi connectivity index (χ0v) is 11.2. The second-order valence-corrected chi connectivity index (χ2v) is 5.26. The number of hydrogen-bond donors (Lipinski definition) is 1. The van der Waals surface area contributed by atoms with E-state index in [0.29, 0.717) is 29.1 Å². The maximum absolute atomic E-state index is 12.4. The van der Waals surface area contributed by atoms with Gasteiger partial charge < -0.3 is 10.0 Å². The van der Waals surface area contributed by atoms with Crippen LogP contribution in [0.3, 0.4) is 0 Å². The van der Waals surface area contributed by atoms with E-state index in [2.05, 4.69) is 9.59 Å². The third kappa shape index (κ3) is 2.05. The Morgan fingerprint density at radius 1 is 1.35 bits per heavy atom. The molecule has 1 atom stereocenters. The summed E-state index contributed by atoms with van der Waals surface area (Å²) in [4.78, 5) is 25.8. The van der Waals surface area contributed by atoms with Gasteiger partial charge in [0.05, 0.1) is 12.1 Å². The van der Waals surface area contributed by atoms with Gasteiger partial charge in [0.25, 0.3) is 5.91 Å². The van der Waals surface area contributed by atoms with Gasteiger partial charge in [0.2, 0.25) is 0 Å². The fraction of sp³-hybridized carbons (Fsp3) is 0.231. The molecule has 1 aliphatic heterocycles. The maximum atomic E-state index is 12.4. The van der Waals surface area contributed by atoms with Crippen molar-refractivity contribution in [3.8, 4) is 0 Å². The molecule has 1 amide bonds. The standard InChI is InChI=1S/C13H11N3O3S/c17-12(11-7-14-15-20-11)16-6-5-9(13(18)19)8-3-1-2-4-10(8)16/h1-4,7,9H,5-6H2,(H,18,19). The highest BCUT2D eigenvalue weighted by atomic mass is 32.1. The first kappa shape index (κ1) is 12.7. The molecule has 0 saturated heterocycles. The van der Waals surface area contributed by atoms with Crippen molar-refractivity contribution < 1.29 is 14.7 Å². The van der Waals surface area contributed by atoms with Crippen LogP contribution >= 0.6 is 11.5 Å². The summed E-state index contributed by atoms with van der Waals surface area (Å²) in [6, 6.07) is 7.13. The highest BCUT2D eigenvalue weighted by molar-refractivity contribution is 7.07. The molecule has 0 bridgehead atoms. The highest BCUT2D eigenvalue weighted by Gasteiger charge is 2.33. The number of aromatic nitrogens is 2. The quantitative estimate of drug-likeness (QED) is 0.910. The Labute approximate surface area is 118 Å².